The third kappa shape index (κ3) is 6.48. The van der Waals surface area contributed by atoms with Gasteiger partial charge in [-0.3, -0.25) is 14.6 Å². The predicted octanol–water partition coefficient (Wildman–Crippen LogP) is 6.85. The SMILES string of the molecule is CC(C)CC(=O)CCN(C(=O)C(Cl)Cl)c1ccnc(-c2cc(-c3c(Cl)cccc3Cl)no2)c1. The van der Waals surface area contributed by atoms with Gasteiger partial charge in [0.2, 0.25) is 0 Å². The number of carbonyl (C=O) groups excluding carboxylic acids is 2. The summed E-state index contributed by atoms with van der Waals surface area (Å²) in [5, 5.41) is 4.92. The molecule has 0 saturated carbocycles. The lowest BCUT2D eigenvalue weighted by Gasteiger charge is -2.23. The van der Waals surface area contributed by atoms with E-state index >= 15 is 0 Å². The van der Waals surface area contributed by atoms with E-state index in [9.17, 15) is 9.59 Å². The Morgan fingerprint density at radius 1 is 1.06 bits per heavy atom. The van der Waals surface area contributed by atoms with Gasteiger partial charge < -0.3 is 9.42 Å². The van der Waals surface area contributed by atoms with Crippen molar-refractivity contribution in [2.75, 3.05) is 11.4 Å². The van der Waals surface area contributed by atoms with Gasteiger partial charge in [0.05, 0.1) is 10.0 Å². The predicted molar refractivity (Wildman–Crippen MR) is 132 cm³/mol. The van der Waals surface area contributed by atoms with Crippen LogP contribution >= 0.6 is 46.4 Å². The van der Waals surface area contributed by atoms with Crippen LogP contribution < -0.4 is 4.90 Å². The van der Waals surface area contributed by atoms with Crippen LogP contribution in [0.3, 0.4) is 0 Å². The van der Waals surface area contributed by atoms with Crippen LogP contribution in [0.5, 0.6) is 0 Å². The fraction of sp³-hybridized carbons (Fsp3) is 0.304. The van der Waals surface area contributed by atoms with E-state index < -0.39 is 10.7 Å². The smallest absolute Gasteiger partial charge is 0.260 e. The molecule has 33 heavy (non-hydrogen) atoms. The number of alkyl halides is 2. The summed E-state index contributed by atoms with van der Waals surface area (Å²) in [7, 11) is 0. The maximum atomic E-state index is 12.7. The highest BCUT2D eigenvalue weighted by molar-refractivity contribution is 6.54. The van der Waals surface area contributed by atoms with Gasteiger partial charge in [-0.2, -0.15) is 0 Å². The van der Waals surface area contributed by atoms with Crippen molar-refractivity contribution in [1.82, 2.24) is 10.1 Å². The molecule has 1 aromatic carbocycles. The van der Waals surface area contributed by atoms with Gasteiger partial charge in [-0.25, -0.2) is 0 Å². The summed E-state index contributed by atoms with van der Waals surface area (Å²) in [5.74, 6) is 0.0953. The van der Waals surface area contributed by atoms with Crippen molar-refractivity contribution in [2.24, 2.45) is 5.92 Å². The molecule has 2 heterocycles. The summed E-state index contributed by atoms with van der Waals surface area (Å²) in [6.45, 7) is 4.07. The number of Topliss-reactive ketones (excluding diaryl/α,β-unsaturated/α-hetero) is 1. The van der Waals surface area contributed by atoms with E-state index in [-0.39, 0.29) is 24.7 Å². The Morgan fingerprint density at radius 2 is 1.76 bits per heavy atom. The van der Waals surface area contributed by atoms with Gasteiger partial charge in [0.1, 0.15) is 17.2 Å². The lowest BCUT2D eigenvalue weighted by Crippen LogP contribution is -2.36. The minimum atomic E-state index is -1.28. The van der Waals surface area contributed by atoms with Crippen LogP contribution in [0.25, 0.3) is 22.7 Å². The minimum absolute atomic E-state index is 0.0502. The van der Waals surface area contributed by atoms with Gasteiger partial charge in [-0.05, 0) is 30.2 Å². The van der Waals surface area contributed by atoms with Crippen molar-refractivity contribution in [3.8, 4) is 22.7 Å². The average Bonchev–Trinajstić information content (AvgIpc) is 3.23. The molecule has 0 saturated heterocycles. The molecule has 3 aromatic rings. The van der Waals surface area contributed by atoms with Gasteiger partial charge in [0.15, 0.2) is 10.6 Å². The second-order valence-electron chi connectivity index (χ2n) is 7.75. The molecule has 3 rings (SSSR count). The van der Waals surface area contributed by atoms with Crippen molar-refractivity contribution in [2.45, 2.75) is 31.5 Å². The number of nitrogens with zero attached hydrogens (tertiary/aromatic N) is 3. The third-order valence-corrected chi connectivity index (χ3v) is 5.74. The number of halogens is 4. The number of rotatable bonds is 9. The maximum absolute atomic E-state index is 12.7. The zero-order chi connectivity index (χ0) is 24.1. The van der Waals surface area contributed by atoms with E-state index in [4.69, 9.17) is 50.9 Å². The third-order valence-electron chi connectivity index (χ3n) is 4.74. The molecule has 0 fully saturated rings. The largest absolute Gasteiger partial charge is 0.354 e. The van der Waals surface area contributed by atoms with Gasteiger partial charge in [0.25, 0.3) is 5.91 Å². The first kappa shape index (κ1) is 25.5. The molecule has 0 aliphatic heterocycles. The number of anilines is 1. The van der Waals surface area contributed by atoms with Crippen LogP contribution in [0.15, 0.2) is 47.1 Å². The van der Waals surface area contributed by atoms with Crippen LogP contribution in [-0.2, 0) is 9.59 Å². The highest BCUT2D eigenvalue weighted by atomic mass is 35.5. The molecule has 174 valence electrons. The second-order valence-corrected chi connectivity index (χ2v) is 9.66. The lowest BCUT2D eigenvalue weighted by molar-refractivity contribution is -0.119. The lowest BCUT2D eigenvalue weighted by atomic mass is 10.0. The van der Waals surface area contributed by atoms with Crippen LogP contribution in [0.2, 0.25) is 10.0 Å². The molecule has 0 spiro atoms. The Hall–Kier alpha value is -2.12. The van der Waals surface area contributed by atoms with E-state index in [1.807, 2.05) is 13.8 Å². The fourth-order valence-corrected chi connectivity index (χ4v) is 4.08. The Balaban J connectivity index is 1.89. The second kappa shape index (κ2) is 11.3. The molecule has 0 N–H and O–H groups in total. The number of hydrogen-bond acceptors (Lipinski definition) is 5. The van der Waals surface area contributed by atoms with Gasteiger partial charge in [-0.15, -0.1) is 0 Å². The van der Waals surface area contributed by atoms with Gasteiger partial charge in [-0.1, -0.05) is 71.5 Å². The number of aromatic nitrogens is 2. The summed E-state index contributed by atoms with van der Waals surface area (Å²) in [5.41, 5.74) is 1.88. The molecular weight excluding hydrogens is 508 g/mol. The molecule has 0 aliphatic carbocycles. The van der Waals surface area contributed by atoms with Crippen molar-refractivity contribution < 1.29 is 14.1 Å². The van der Waals surface area contributed by atoms with E-state index in [1.54, 1.807) is 36.4 Å². The van der Waals surface area contributed by atoms with E-state index in [0.717, 1.165) is 0 Å². The molecule has 0 radical (unpaired) electrons. The summed E-state index contributed by atoms with van der Waals surface area (Å²) in [4.78, 5) is 29.3. The Bertz CT molecular complexity index is 1130. The molecule has 2 aromatic heterocycles. The van der Waals surface area contributed by atoms with E-state index in [0.29, 0.717) is 44.9 Å². The topological polar surface area (TPSA) is 76.3 Å². The van der Waals surface area contributed by atoms with Crippen molar-refractivity contribution in [3.05, 3.63) is 52.6 Å². The number of benzene rings is 1. The number of hydrogen-bond donors (Lipinski definition) is 0. The first-order chi connectivity index (χ1) is 15.7. The van der Waals surface area contributed by atoms with Crippen LogP contribution in [-0.4, -0.2) is 33.2 Å². The molecule has 0 bridgehead atoms. The summed E-state index contributed by atoms with van der Waals surface area (Å²) >= 11 is 24.2. The minimum Gasteiger partial charge on any atom is -0.354 e. The highest BCUT2D eigenvalue weighted by Gasteiger charge is 2.24. The molecule has 10 heteroatoms. The zero-order valence-electron chi connectivity index (χ0n) is 17.9. The van der Waals surface area contributed by atoms with E-state index in [1.165, 1.54) is 11.1 Å². The Kier molecular flexibility index (Phi) is 8.76. The summed E-state index contributed by atoms with van der Waals surface area (Å²) in [6.07, 6.45) is 2.13. The Labute approximate surface area is 211 Å². The zero-order valence-corrected chi connectivity index (χ0v) is 20.9. The molecule has 0 aliphatic rings. The fourth-order valence-electron chi connectivity index (χ4n) is 3.26. The van der Waals surface area contributed by atoms with Crippen molar-refractivity contribution >= 4 is 63.8 Å². The number of carbonyl (C=O) groups is 2. The molecule has 0 atom stereocenters. The average molecular weight is 529 g/mol. The molecule has 0 unspecified atom stereocenters. The van der Waals surface area contributed by atoms with Crippen LogP contribution in [0.4, 0.5) is 5.69 Å². The summed E-state index contributed by atoms with van der Waals surface area (Å²) in [6, 6.07) is 10.1. The first-order valence-corrected chi connectivity index (χ1v) is 11.8. The van der Waals surface area contributed by atoms with Crippen LogP contribution in [0, 0.1) is 5.92 Å². The first-order valence-electron chi connectivity index (χ1n) is 10.2. The van der Waals surface area contributed by atoms with E-state index in [2.05, 4.69) is 10.1 Å². The van der Waals surface area contributed by atoms with Gasteiger partial charge >= 0.3 is 0 Å². The highest BCUT2D eigenvalue weighted by Crippen LogP contribution is 2.36. The number of amides is 1. The van der Waals surface area contributed by atoms with Crippen molar-refractivity contribution in [1.29, 1.82) is 0 Å². The van der Waals surface area contributed by atoms with Gasteiger partial charge in [0, 0.05) is 42.9 Å². The number of pyridine rings is 1. The quantitative estimate of drug-likeness (QED) is 0.284. The Morgan fingerprint density at radius 3 is 2.39 bits per heavy atom. The van der Waals surface area contributed by atoms with Crippen LogP contribution in [0.1, 0.15) is 26.7 Å². The standard InChI is InChI=1S/C23H21Cl4N3O3/c1-13(2)10-15(31)7-9-30(23(32)22(26)27)14-6-8-28-18(11-14)20-12-19(29-33-20)21-16(24)4-3-5-17(21)25/h3-6,8,11-13,22H,7,9-10H2,1-2H3. The molecule has 6 nitrogen and oxygen atoms in total. The maximum Gasteiger partial charge on any atom is 0.260 e. The summed E-state index contributed by atoms with van der Waals surface area (Å²) < 4.78 is 5.46. The normalized spacial score (nSPS) is 11.3. The van der Waals surface area contributed by atoms with Crippen molar-refractivity contribution in [3.63, 3.8) is 0 Å². The monoisotopic (exact) mass is 527 g/mol. The molecular formula is C23H21Cl4N3O3. The number of ketones is 1. The molecule has 1 amide bonds.